The Bertz CT molecular complexity index is 792. The van der Waals surface area contributed by atoms with Crippen LogP contribution < -0.4 is 0 Å². The van der Waals surface area contributed by atoms with Crippen LogP contribution in [-0.2, 0) is 13.6 Å². The maximum absolute atomic E-state index is 12.7. The van der Waals surface area contributed by atoms with Crippen LogP contribution in [0.15, 0.2) is 10.6 Å². The Balaban J connectivity index is 1.44. The summed E-state index contributed by atoms with van der Waals surface area (Å²) in [4.78, 5) is 17.0. The molecule has 0 bridgehead atoms. The van der Waals surface area contributed by atoms with E-state index in [4.69, 9.17) is 4.52 Å². The number of amides is 1. The number of carbonyl (C=O) groups excluding carboxylic acids is 1. The number of aryl methyl sites for hydroxylation is 1. The van der Waals surface area contributed by atoms with Gasteiger partial charge in [0.15, 0.2) is 5.69 Å². The zero-order chi connectivity index (χ0) is 18.8. The average Bonchev–Trinajstić information content (AvgIpc) is 3.28. The molecular weight excluding hydrogens is 344 g/mol. The van der Waals surface area contributed by atoms with Gasteiger partial charge in [0.1, 0.15) is 17.4 Å². The lowest BCUT2D eigenvalue weighted by Crippen LogP contribution is -2.40. The number of rotatable bonds is 4. The number of carbonyl (C=O) groups is 1. The van der Waals surface area contributed by atoms with Crippen LogP contribution in [0.4, 0.5) is 0 Å². The summed E-state index contributed by atoms with van der Waals surface area (Å²) in [5.41, 5.74) is 0.386. The highest BCUT2D eigenvalue weighted by molar-refractivity contribution is 5.92. The zero-order valence-electron chi connectivity index (χ0n) is 16.2. The Morgan fingerprint density at radius 3 is 2.74 bits per heavy atom. The number of hydrogen-bond donors (Lipinski definition) is 0. The number of piperidine rings is 2. The minimum Gasteiger partial charge on any atom is -0.361 e. The molecule has 8 heteroatoms. The summed E-state index contributed by atoms with van der Waals surface area (Å²) in [7, 11) is 2.05. The van der Waals surface area contributed by atoms with Crippen molar-refractivity contribution in [3.05, 3.63) is 29.2 Å². The van der Waals surface area contributed by atoms with Crippen LogP contribution in [0.5, 0.6) is 0 Å². The Hall–Kier alpha value is -2.22. The second kappa shape index (κ2) is 7.80. The van der Waals surface area contributed by atoms with E-state index in [1.807, 2.05) is 4.90 Å². The zero-order valence-corrected chi connectivity index (χ0v) is 16.2. The molecule has 2 aromatic rings. The van der Waals surface area contributed by atoms with Crippen molar-refractivity contribution < 1.29 is 9.32 Å². The quantitative estimate of drug-likeness (QED) is 0.818. The predicted octanol–water partition coefficient (Wildman–Crippen LogP) is 2.12. The number of nitrogens with zero attached hydrogens (tertiary/aromatic N) is 6. The molecule has 4 rings (SSSR count). The highest BCUT2D eigenvalue weighted by atomic mass is 16.5. The first kappa shape index (κ1) is 18.2. The maximum atomic E-state index is 12.7. The van der Waals surface area contributed by atoms with Crippen LogP contribution in [-0.4, -0.2) is 61.8 Å². The first-order valence-electron chi connectivity index (χ1n) is 9.95. The van der Waals surface area contributed by atoms with Crippen LogP contribution >= 0.6 is 0 Å². The summed E-state index contributed by atoms with van der Waals surface area (Å²) in [5, 5.41) is 12.8. The Labute approximate surface area is 159 Å². The summed E-state index contributed by atoms with van der Waals surface area (Å²) in [6.07, 6.45) is 5.86. The molecule has 2 fully saturated rings. The van der Waals surface area contributed by atoms with Crippen LogP contribution in [0.1, 0.15) is 65.9 Å². The van der Waals surface area contributed by atoms with Crippen molar-refractivity contribution in [3.8, 4) is 0 Å². The lowest BCUT2D eigenvalue weighted by Gasteiger charge is -2.31. The van der Waals surface area contributed by atoms with Crippen LogP contribution in [0.2, 0.25) is 0 Å². The molecule has 2 aliphatic heterocycles. The van der Waals surface area contributed by atoms with E-state index in [2.05, 4.69) is 31.9 Å². The number of aromatic nitrogens is 4. The summed E-state index contributed by atoms with van der Waals surface area (Å²) >= 11 is 0. The van der Waals surface area contributed by atoms with E-state index in [1.54, 1.807) is 13.0 Å². The maximum Gasteiger partial charge on any atom is 0.276 e. The van der Waals surface area contributed by atoms with Crippen LogP contribution in [0, 0.1) is 6.92 Å². The molecule has 0 spiro atoms. The highest BCUT2D eigenvalue weighted by Gasteiger charge is 2.30. The largest absolute Gasteiger partial charge is 0.361 e. The molecule has 0 unspecified atom stereocenters. The van der Waals surface area contributed by atoms with Gasteiger partial charge in [0.2, 0.25) is 0 Å². The van der Waals surface area contributed by atoms with Crippen molar-refractivity contribution >= 4 is 5.91 Å². The first-order valence-corrected chi connectivity index (χ1v) is 9.95. The summed E-state index contributed by atoms with van der Waals surface area (Å²) < 4.78 is 7.19. The topological polar surface area (TPSA) is 80.3 Å². The molecular formula is C19H28N6O2. The third-order valence-electron chi connectivity index (χ3n) is 5.73. The third-order valence-corrected chi connectivity index (χ3v) is 5.73. The fourth-order valence-electron chi connectivity index (χ4n) is 4.19. The Kier molecular flexibility index (Phi) is 5.24. The average molecular weight is 372 g/mol. The van der Waals surface area contributed by atoms with Gasteiger partial charge >= 0.3 is 0 Å². The molecule has 0 saturated carbocycles. The van der Waals surface area contributed by atoms with Gasteiger partial charge in [0, 0.05) is 32.1 Å². The fraction of sp³-hybridized carbons (Fsp3) is 0.684. The van der Waals surface area contributed by atoms with Gasteiger partial charge < -0.3 is 14.0 Å². The van der Waals surface area contributed by atoms with Crippen molar-refractivity contribution in [2.75, 3.05) is 26.2 Å². The van der Waals surface area contributed by atoms with Crippen LogP contribution in [0.3, 0.4) is 0 Å². The minimum absolute atomic E-state index is 0.0627. The van der Waals surface area contributed by atoms with Gasteiger partial charge in [-0.3, -0.25) is 9.69 Å². The molecule has 146 valence electrons. The van der Waals surface area contributed by atoms with Gasteiger partial charge in [0.05, 0.1) is 6.54 Å². The van der Waals surface area contributed by atoms with E-state index in [-0.39, 0.29) is 11.8 Å². The Morgan fingerprint density at radius 1 is 1.19 bits per heavy atom. The highest BCUT2D eigenvalue weighted by Crippen LogP contribution is 2.27. The van der Waals surface area contributed by atoms with E-state index >= 15 is 0 Å². The Morgan fingerprint density at radius 2 is 2.00 bits per heavy atom. The molecule has 0 N–H and O–H groups in total. The van der Waals surface area contributed by atoms with Gasteiger partial charge in [0.25, 0.3) is 5.91 Å². The van der Waals surface area contributed by atoms with Gasteiger partial charge in [-0.2, -0.15) is 0 Å². The monoisotopic (exact) mass is 372 g/mol. The molecule has 0 aromatic carbocycles. The van der Waals surface area contributed by atoms with Gasteiger partial charge in [-0.05, 0) is 45.7 Å². The van der Waals surface area contributed by atoms with Gasteiger partial charge in [-0.25, -0.2) is 0 Å². The summed E-state index contributed by atoms with van der Waals surface area (Å²) in [6, 6.07) is 1.70. The second-order valence-electron chi connectivity index (χ2n) is 7.78. The molecule has 27 heavy (non-hydrogen) atoms. The first-order chi connectivity index (χ1) is 13.1. The van der Waals surface area contributed by atoms with Crippen molar-refractivity contribution in [2.24, 2.45) is 7.05 Å². The number of likely N-dealkylation sites (tertiary alicyclic amines) is 2. The normalized spacial score (nSPS) is 21.6. The van der Waals surface area contributed by atoms with E-state index in [9.17, 15) is 4.79 Å². The van der Waals surface area contributed by atoms with Crippen molar-refractivity contribution in [1.29, 1.82) is 0 Å². The van der Waals surface area contributed by atoms with E-state index in [0.717, 1.165) is 50.7 Å². The summed E-state index contributed by atoms with van der Waals surface area (Å²) in [5.74, 6) is 2.80. The van der Waals surface area contributed by atoms with Crippen molar-refractivity contribution in [3.63, 3.8) is 0 Å². The molecule has 1 atom stereocenters. The molecule has 0 aliphatic carbocycles. The standard InChI is InChI=1S/C19H28N6O2/c1-14-11-16(22-27-14)19(26)25-10-6-7-15(12-25)18-21-20-17(23(18)2)13-24-8-4-3-5-9-24/h11,15H,3-10,12-13H2,1-2H3/t15-/m1/s1. The van der Waals surface area contributed by atoms with Crippen molar-refractivity contribution in [2.45, 2.75) is 51.5 Å². The SMILES string of the molecule is Cc1cc(C(=O)N2CCC[C@@H](c3nnc(CN4CCCCC4)n3C)C2)no1. The lowest BCUT2D eigenvalue weighted by atomic mass is 9.97. The van der Waals surface area contributed by atoms with Gasteiger partial charge in [-0.15, -0.1) is 10.2 Å². The minimum atomic E-state index is -0.0627. The van der Waals surface area contributed by atoms with Crippen LogP contribution in [0.25, 0.3) is 0 Å². The second-order valence-corrected chi connectivity index (χ2v) is 7.78. The van der Waals surface area contributed by atoms with Crippen molar-refractivity contribution in [1.82, 2.24) is 29.7 Å². The molecule has 4 heterocycles. The lowest BCUT2D eigenvalue weighted by molar-refractivity contribution is 0.0693. The third kappa shape index (κ3) is 3.90. The van der Waals surface area contributed by atoms with Gasteiger partial charge in [-0.1, -0.05) is 11.6 Å². The van der Waals surface area contributed by atoms with E-state index in [1.165, 1.54) is 19.3 Å². The molecule has 2 saturated heterocycles. The molecule has 2 aliphatic rings. The molecule has 2 aromatic heterocycles. The fourth-order valence-corrected chi connectivity index (χ4v) is 4.19. The molecule has 1 amide bonds. The molecule has 8 nitrogen and oxygen atoms in total. The van der Waals surface area contributed by atoms with E-state index < -0.39 is 0 Å². The number of hydrogen-bond acceptors (Lipinski definition) is 6. The van der Waals surface area contributed by atoms with E-state index in [0.29, 0.717) is 18.0 Å². The molecule has 0 radical (unpaired) electrons. The predicted molar refractivity (Wildman–Crippen MR) is 99.2 cm³/mol. The summed E-state index contributed by atoms with van der Waals surface area (Å²) in [6.45, 7) is 6.35. The smallest absolute Gasteiger partial charge is 0.276 e.